The number of hydrogen-bond donors (Lipinski definition) is 0. The van der Waals surface area contributed by atoms with Gasteiger partial charge in [-0.25, -0.2) is 4.98 Å². The maximum atomic E-state index is 12.4. The minimum Gasteiger partial charge on any atom is -0.467 e. The van der Waals surface area contributed by atoms with Gasteiger partial charge in [-0.1, -0.05) is 12.1 Å². The van der Waals surface area contributed by atoms with E-state index >= 15 is 0 Å². The van der Waals surface area contributed by atoms with E-state index in [0.717, 1.165) is 0 Å². The van der Waals surface area contributed by atoms with Crippen LogP contribution in [0, 0.1) is 0 Å². The van der Waals surface area contributed by atoms with E-state index in [1.165, 1.54) is 10.9 Å². The Hall–Kier alpha value is -2.89. The smallest absolute Gasteiger partial charge is 0.261 e. The normalized spacial score (nSPS) is 12.3. The Morgan fingerprint density at radius 3 is 2.83 bits per heavy atom. The van der Waals surface area contributed by atoms with Crippen LogP contribution in [0.5, 0.6) is 0 Å². The molecule has 6 heteroatoms. The molecular formula is C17H17N3O3. The summed E-state index contributed by atoms with van der Waals surface area (Å²) in [6, 6.07) is 10.5. The number of para-hydroxylation sites is 1. The molecule has 118 valence electrons. The van der Waals surface area contributed by atoms with Crippen molar-refractivity contribution in [2.75, 3.05) is 7.05 Å². The number of aromatic nitrogens is 2. The number of carbonyl (C=O) groups excluding carboxylic acids is 1. The molecule has 0 saturated heterocycles. The molecule has 3 aromatic rings. The fourth-order valence-electron chi connectivity index (χ4n) is 2.41. The molecule has 0 aliphatic carbocycles. The van der Waals surface area contributed by atoms with E-state index in [0.29, 0.717) is 16.7 Å². The molecule has 0 fully saturated rings. The number of hydrogen-bond acceptors (Lipinski definition) is 4. The molecule has 0 N–H and O–H groups in total. The first-order valence-electron chi connectivity index (χ1n) is 7.31. The van der Waals surface area contributed by atoms with E-state index in [1.54, 1.807) is 42.5 Å². The second kappa shape index (κ2) is 6.08. The van der Waals surface area contributed by atoms with Gasteiger partial charge < -0.3 is 9.32 Å². The maximum Gasteiger partial charge on any atom is 0.261 e. The average molecular weight is 311 g/mol. The SMILES string of the molecule is CC(c1ccco1)N(C)C(=O)Cn1cnc2ccccc2c1=O. The topological polar surface area (TPSA) is 68.3 Å². The van der Waals surface area contributed by atoms with Crippen LogP contribution in [0.4, 0.5) is 0 Å². The van der Waals surface area contributed by atoms with Gasteiger partial charge in [0.2, 0.25) is 5.91 Å². The second-order valence-electron chi connectivity index (χ2n) is 5.39. The Morgan fingerprint density at radius 2 is 2.09 bits per heavy atom. The highest BCUT2D eigenvalue weighted by Crippen LogP contribution is 2.19. The standard InChI is InChI=1S/C17H17N3O3/c1-12(15-8-5-9-23-15)19(2)16(21)10-20-11-18-14-7-4-3-6-13(14)17(20)22/h3-9,11-12H,10H2,1-2H3. The lowest BCUT2D eigenvalue weighted by Crippen LogP contribution is -2.35. The zero-order valence-corrected chi connectivity index (χ0v) is 13.0. The third-order valence-corrected chi connectivity index (χ3v) is 3.97. The van der Waals surface area contributed by atoms with Crippen molar-refractivity contribution >= 4 is 16.8 Å². The lowest BCUT2D eigenvalue weighted by molar-refractivity contribution is -0.132. The van der Waals surface area contributed by atoms with Crippen molar-refractivity contribution in [3.8, 4) is 0 Å². The van der Waals surface area contributed by atoms with Crippen LogP contribution in [0.1, 0.15) is 18.7 Å². The Morgan fingerprint density at radius 1 is 1.30 bits per heavy atom. The van der Waals surface area contributed by atoms with Crippen LogP contribution in [-0.4, -0.2) is 27.4 Å². The van der Waals surface area contributed by atoms with Crippen molar-refractivity contribution in [2.24, 2.45) is 0 Å². The monoisotopic (exact) mass is 311 g/mol. The van der Waals surface area contributed by atoms with E-state index in [2.05, 4.69) is 4.98 Å². The van der Waals surface area contributed by atoms with Crippen molar-refractivity contribution in [2.45, 2.75) is 19.5 Å². The molecule has 0 aliphatic heterocycles. The third-order valence-electron chi connectivity index (χ3n) is 3.97. The molecule has 0 spiro atoms. The summed E-state index contributed by atoms with van der Waals surface area (Å²) in [5, 5.41) is 0.504. The first kappa shape index (κ1) is 15.0. The Balaban J connectivity index is 1.83. The number of amides is 1. The molecule has 0 saturated carbocycles. The highest BCUT2D eigenvalue weighted by atomic mass is 16.3. The Bertz CT molecular complexity index is 883. The van der Waals surface area contributed by atoms with E-state index < -0.39 is 0 Å². The van der Waals surface area contributed by atoms with Crippen LogP contribution in [0.3, 0.4) is 0 Å². The van der Waals surface area contributed by atoms with Gasteiger partial charge in [-0.05, 0) is 31.2 Å². The number of nitrogens with zero attached hydrogens (tertiary/aromatic N) is 3. The number of benzene rings is 1. The highest BCUT2D eigenvalue weighted by molar-refractivity contribution is 5.79. The quantitative estimate of drug-likeness (QED) is 0.741. The fourth-order valence-corrected chi connectivity index (χ4v) is 2.41. The van der Waals surface area contributed by atoms with Gasteiger partial charge in [-0.15, -0.1) is 0 Å². The Labute approximate surface area is 133 Å². The maximum absolute atomic E-state index is 12.4. The summed E-state index contributed by atoms with van der Waals surface area (Å²) in [6.45, 7) is 1.82. The van der Waals surface area contributed by atoms with E-state index in [9.17, 15) is 9.59 Å². The largest absolute Gasteiger partial charge is 0.467 e. The number of rotatable bonds is 4. The molecule has 0 radical (unpaired) electrons. The summed E-state index contributed by atoms with van der Waals surface area (Å²) in [6.07, 6.45) is 2.98. The minimum atomic E-state index is -0.219. The molecule has 1 unspecified atom stereocenters. The fraction of sp³-hybridized carbons (Fsp3) is 0.235. The number of furan rings is 1. The minimum absolute atomic E-state index is 0.0573. The summed E-state index contributed by atoms with van der Waals surface area (Å²) < 4.78 is 6.65. The van der Waals surface area contributed by atoms with Crippen molar-refractivity contribution in [3.63, 3.8) is 0 Å². The van der Waals surface area contributed by atoms with E-state index in [1.807, 2.05) is 19.1 Å². The van der Waals surface area contributed by atoms with Crippen molar-refractivity contribution < 1.29 is 9.21 Å². The predicted molar refractivity (Wildman–Crippen MR) is 85.9 cm³/mol. The average Bonchev–Trinajstić information content (AvgIpc) is 3.10. The van der Waals surface area contributed by atoms with Crippen LogP contribution >= 0.6 is 0 Å². The van der Waals surface area contributed by atoms with Gasteiger partial charge >= 0.3 is 0 Å². The second-order valence-corrected chi connectivity index (χ2v) is 5.39. The molecule has 0 aliphatic rings. The van der Waals surface area contributed by atoms with Crippen LogP contribution in [0.25, 0.3) is 10.9 Å². The molecule has 1 amide bonds. The first-order valence-corrected chi connectivity index (χ1v) is 7.31. The molecular weight excluding hydrogens is 294 g/mol. The zero-order valence-electron chi connectivity index (χ0n) is 13.0. The summed E-state index contributed by atoms with van der Waals surface area (Å²) in [4.78, 5) is 30.6. The summed E-state index contributed by atoms with van der Waals surface area (Å²) >= 11 is 0. The molecule has 1 atom stereocenters. The van der Waals surface area contributed by atoms with Crippen LogP contribution < -0.4 is 5.56 Å². The van der Waals surface area contributed by atoms with Crippen molar-refractivity contribution in [1.82, 2.24) is 14.5 Å². The Kier molecular flexibility index (Phi) is 3.97. The molecule has 3 rings (SSSR count). The van der Waals surface area contributed by atoms with Gasteiger partial charge in [0.25, 0.3) is 5.56 Å². The summed E-state index contributed by atoms with van der Waals surface area (Å²) in [7, 11) is 1.69. The molecule has 6 nitrogen and oxygen atoms in total. The third kappa shape index (κ3) is 2.88. The van der Waals surface area contributed by atoms with Crippen molar-refractivity contribution in [1.29, 1.82) is 0 Å². The molecule has 2 heterocycles. The summed E-state index contributed by atoms with van der Waals surface area (Å²) in [5.74, 6) is 0.512. The van der Waals surface area contributed by atoms with Gasteiger partial charge in [0, 0.05) is 7.05 Å². The van der Waals surface area contributed by atoms with Gasteiger partial charge in [-0.2, -0.15) is 0 Å². The molecule has 2 aromatic heterocycles. The summed E-state index contributed by atoms with van der Waals surface area (Å²) in [5.41, 5.74) is 0.404. The van der Waals surface area contributed by atoms with Crippen LogP contribution in [0.15, 0.2) is 58.2 Å². The van der Waals surface area contributed by atoms with Gasteiger partial charge in [0.05, 0.1) is 29.5 Å². The van der Waals surface area contributed by atoms with Gasteiger partial charge in [0.1, 0.15) is 12.3 Å². The van der Waals surface area contributed by atoms with Crippen molar-refractivity contribution in [3.05, 3.63) is 65.1 Å². The molecule has 1 aromatic carbocycles. The van der Waals surface area contributed by atoms with Crippen LogP contribution in [-0.2, 0) is 11.3 Å². The molecule has 0 bridgehead atoms. The first-order chi connectivity index (χ1) is 11.1. The highest BCUT2D eigenvalue weighted by Gasteiger charge is 2.20. The number of likely N-dealkylation sites (N-methyl/N-ethyl adjacent to an activating group) is 1. The lowest BCUT2D eigenvalue weighted by atomic mass is 10.2. The molecule has 23 heavy (non-hydrogen) atoms. The number of fused-ring (bicyclic) bond motifs is 1. The zero-order chi connectivity index (χ0) is 16.4. The van der Waals surface area contributed by atoms with E-state index in [-0.39, 0.29) is 24.1 Å². The van der Waals surface area contributed by atoms with Gasteiger partial charge in [0.15, 0.2) is 0 Å². The van der Waals surface area contributed by atoms with Crippen LogP contribution in [0.2, 0.25) is 0 Å². The van der Waals surface area contributed by atoms with E-state index in [4.69, 9.17) is 4.42 Å². The predicted octanol–water partition coefficient (Wildman–Crippen LogP) is 2.21. The van der Waals surface area contributed by atoms with Gasteiger partial charge in [-0.3, -0.25) is 14.2 Å². The number of carbonyl (C=O) groups is 1. The lowest BCUT2D eigenvalue weighted by Gasteiger charge is -2.23.